The lowest BCUT2D eigenvalue weighted by Gasteiger charge is -2.33. The summed E-state index contributed by atoms with van der Waals surface area (Å²) < 4.78 is 55.4. The van der Waals surface area contributed by atoms with Crippen molar-refractivity contribution < 1.29 is 17.2 Å². The van der Waals surface area contributed by atoms with E-state index >= 15 is 8.78 Å². The lowest BCUT2D eigenvalue weighted by Crippen LogP contribution is -2.33. The highest BCUT2D eigenvalue weighted by molar-refractivity contribution is 7.99. The Morgan fingerprint density at radius 3 is 1.73 bits per heavy atom. The van der Waals surface area contributed by atoms with Crippen molar-refractivity contribution in [1.82, 2.24) is 29.9 Å². The largest absolute Gasteiger partial charge is 0.337 e. The van der Waals surface area contributed by atoms with Crippen LogP contribution in [0.5, 0.6) is 0 Å². The van der Waals surface area contributed by atoms with Gasteiger partial charge in [0.1, 0.15) is 16.7 Å². The molecule has 10 nitrogen and oxygen atoms in total. The van der Waals surface area contributed by atoms with Crippen molar-refractivity contribution in [2.24, 2.45) is 0 Å². The fraction of sp³-hybridized carbons (Fsp3) is 0.136. The predicted octanol–water partition coefficient (Wildman–Crippen LogP) is 10.8. The number of nitrogens with zero attached hydrogens (tertiary/aromatic N) is 8. The molecule has 0 N–H and O–H groups in total. The van der Waals surface area contributed by atoms with Crippen LogP contribution in [0, 0.1) is 25.5 Å². The van der Waals surface area contributed by atoms with E-state index in [-0.39, 0.29) is 23.1 Å². The molecular formula is C44H32Cl2F2N8O2S2. The smallest absolute Gasteiger partial charge is 0.199 e. The summed E-state index contributed by atoms with van der Waals surface area (Å²) in [6, 6.07) is 24.3. The molecule has 8 heterocycles. The molecule has 300 valence electrons. The standard InChI is InChI=1S/C22H16ClFN4O2S.C22H16ClFN4S/c1-13-20(17-6-2-3-8-25-17)27-16-7-4-5-15(24)19(16)21(13)28-9-10-31(29,30)22-18(28)11-14(23)12-26-22;1-13-20(17-6-2-3-8-25-17)27-16-7-4-5-15(24)19(16)21(13)28-9-10-29-22-18(28)11-14(23)12-26-22/h2-8,11-12H,9-10H2,1H3;2-8,11-12H,9-10H2,1H3. The van der Waals surface area contributed by atoms with Crippen molar-refractivity contribution in [3.8, 4) is 22.8 Å². The third-order valence-electron chi connectivity index (χ3n) is 10.3. The van der Waals surface area contributed by atoms with Crippen molar-refractivity contribution in [3.63, 3.8) is 0 Å². The molecule has 0 radical (unpaired) electrons. The number of anilines is 4. The number of pyridine rings is 6. The summed E-state index contributed by atoms with van der Waals surface area (Å²) in [4.78, 5) is 30.7. The van der Waals surface area contributed by atoms with Crippen LogP contribution in [0.25, 0.3) is 44.6 Å². The molecule has 2 aliphatic heterocycles. The number of thioether (sulfide) groups is 1. The molecule has 16 heteroatoms. The molecule has 60 heavy (non-hydrogen) atoms. The molecule has 10 rings (SSSR count). The number of halogens is 4. The van der Waals surface area contributed by atoms with Gasteiger partial charge >= 0.3 is 0 Å². The summed E-state index contributed by atoms with van der Waals surface area (Å²) in [6.45, 7) is 4.65. The molecule has 6 aromatic heterocycles. The van der Waals surface area contributed by atoms with Crippen molar-refractivity contribution in [3.05, 3.63) is 143 Å². The van der Waals surface area contributed by atoms with Gasteiger partial charge in [-0.2, -0.15) is 0 Å². The van der Waals surface area contributed by atoms with Crippen molar-refractivity contribution in [1.29, 1.82) is 0 Å². The van der Waals surface area contributed by atoms with Crippen LogP contribution >= 0.6 is 35.0 Å². The molecule has 0 atom stereocenters. The highest BCUT2D eigenvalue weighted by Crippen LogP contribution is 2.46. The minimum Gasteiger partial charge on any atom is -0.337 e. The highest BCUT2D eigenvalue weighted by Gasteiger charge is 2.34. The zero-order valence-corrected chi connectivity index (χ0v) is 35.1. The second-order valence-corrected chi connectivity index (χ2v) is 18.0. The molecule has 0 fully saturated rings. The Balaban J connectivity index is 0.000000154. The Labute approximate surface area is 358 Å². The van der Waals surface area contributed by atoms with Gasteiger partial charge in [0, 0.05) is 54.8 Å². The quantitative estimate of drug-likeness (QED) is 0.168. The van der Waals surface area contributed by atoms with Crippen molar-refractivity contribution >= 4 is 89.4 Å². The van der Waals surface area contributed by atoms with Crippen LogP contribution in [0.1, 0.15) is 11.1 Å². The molecule has 0 saturated carbocycles. The SMILES string of the molecule is Cc1c(-c2ccccn2)nc2cccc(F)c2c1N1CCS(=O)(=O)c2ncc(Cl)cc21.Cc1c(-c2ccccn2)nc2cccc(F)c2c1N1CCSc2ncc(Cl)cc21. The maximum absolute atomic E-state index is 15.1. The lowest BCUT2D eigenvalue weighted by molar-refractivity contribution is 0.588. The minimum atomic E-state index is -3.57. The highest BCUT2D eigenvalue weighted by atomic mass is 35.5. The van der Waals surface area contributed by atoms with Gasteiger partial charge < -0.3 is 9.80 Å². The van der Waals surface area contributed by atoms with Crippen LogP contribution in [0.15, 0.2) is 120 Å². The summed E-state index contributed by atoms with van der Waals surface area (Å²) in [5.74, 6) is -0.0418. The van der Waals surface area contributed by atoms with Crippen LogP contribution in [0.4, 0.5) is 31.5 Å². The summed E-state index contributed by atoms with van der Waals surface area (Å²) >= 11 is 14.1. The van der Waals surface area contributed by atoms with Crippen LogP contribution in [0.2, 0.25) is 10.0 Å². The van der Waals surface area contributed by atoms with Crippen LogP contribution in [0.3, 0.4) is 0 Å². The number of sulfone groups is 1. The Morgan fingerprint density at radius 2 is 1.18 bits per heavy atom. The van der Waals surface area contributed by atoms with E-state index in [9.17, 15) is 8.42 Å². The van der Waals surface area contributed by atoms with Crippen molar-refractivity contribution in [2.45, 2.75) is 23.9 Å². The van der Waals surface area contributed by atoms with Crippen LogP contribution in [-0.2, 0) is 9.84 Å². The van der Waals surface area contributed by atoms with E-state index in [0.717, 1.165) is 45.6 Å². The number of benzene rings is 2. The van der Waals surface area contributed by atoms with Gasteiger partial charge in [-0.15, -0.1) is 11.8 Å². The van der Waals surface area contributed by atoms with E-state index < -0.39 is 15.7 Å². The monoisotopic (exact) mass is 876 g/mol. The van der Waals surface area contributed by atoms with Gasteiger partial charge in [-0.3, -0.25) is 9.97 Å². The Hall–Kier alpha value is -5.80. The lowest BCUT2D eigenvalue weighted by atomic mass is 10.0. The maximum Gasteiger partial charge on any atom is 0.199 e. The Morgan fingerprint density at radius 1 is 0.650 bits per heavy atom. The normalized spacial score (nSPS) is 14.4. The predicted molar refractivity (Wildman–Crippen MR) is 235 cm³/mol. The van der Waals surface area contributed by atoms with Gasteiger partial charge in [0.15, 0.2) is 14.9 Å². The maximum atomic E-state index is 15.1. The van der Waals surface area contributed by atoms with Gasteiger partial charge in [0.2, 0.25) is 0 Å². The molecule has 0 bridgehead atoms. The van der Waals surface area contributed by atoms with E-state index in [1.54, 1.807) is 65.6 Å². The first kappa shape index (κ1) is 39.6. The molecule has 0 spiro atoms. The van der Waals surface area contributed by atoms with Crippen LogP contribution < -0.4 is 9.80 Å². The number of aromatic nitrogens is 6. The second-order valence-electron chi connectivity index (χ2n) is 14.0. The minimum absolute atomic E-state index is 0.0664. The van der Waals surface area contributed by atoms with Gasteiger partial charge in [-0.1, -0.05) is 47.5 Å². The average molecular weight is 878 g/mol. The van der Waals surface area contributed by atoms with Gasteiger partial charge in [0.05, 0.1) is 83.1 Å². The van der Waals surface area contributed by atoms with Gasteiger partial charge in [0.25, 0.3) is 0 Å². The molecular weight excluding hydrogens is 846 g/mol. The topological polar surface area (TPSA) is 118 Å². The van der Waals surface area contributed by atoms with E-state index in [0.29, 0.717) is 60.2 Å². The molecule has 0 amide bonds. The Kier molecular flexibility index (Phi) is 10.6. The fourth-order valence-corrected chi connectivity index (χ4v) is 10.2. The number of rotatable bonds is 4. The van der Waals surface area contributed by atoms with E-state index in [1.165, 1.54) is 18.3 Å². The first-order valence-corrected chi connectivity index (χ1v) is 22.1. The molecule has 0 aliphatic carbocycles. The van der Waals surface area contributed by atoms with Crippen LogP contribution in [-0.4, -0.2) is 62.9 Å². The Bertz CT molecular complexity index is 3100. The fourth-order valence-electron chi connectivity index (χ4n) is 7.68. The second kappa shape index (κ2) is 16.0. The van der Waals surface area contributed by atoms with E-state index in [1.807, 2.05) is 56.3 Å². The number of fused-ring (bicyclic) bond motifs is 4. The summed E-state index contributed by atoms with van der Waals surface area (Å²) in [5.41, 5.74) is 7.88. The third-order valence-corrected chi connectivity index (χ3v) is 13.3. The molecule has 0 unspecified atom stereocenters. The summed E-state index contributed by atoms with van der Waals surface area (Å²) in [6.07, 6.45) is 6.36. The number of hydrogen-bond donors (Lipinski definition) is 0. The number of hydrogen-bond acceptors (Lipinski definition) is 11. The average Bonchev–Trinajstić information content (AvgIpc) is 3.25. The molecule has 2 aliphatic rings. The third kappa shape index (κ3) is 7.16. The zero-order valence-electron chi connectivity index (χ0n) is 31.9. The zero-order chi connectivity index (χ0) is 41.7. The summed E-state index contributed by atoms with van der Waals surface area (Å²) in [7, 11) is -3.57. The molecule has 2 aromatic carbocycles. The van der Waals surface area contributed by atoms with E-state index in [4.69, 9.17) is 28.2 Å². The molecule has 0 saturated heterocycles. The first-order chi connectivity index (χ1) is 29.0. The first-order valence-electron chi connectivity index (χ1n) is 18.7. The summed E-state index contributed by atoms with van der Waals surface area (Å²) in [5, 5.41) is 2.48. The van der Waals surface area contributed by atoms with Crippen molar-refractivity contribution in [2.75, 3.05) is 34.4 Å². The molecule has 8 aromatic rings. The van der Waals surface area contributed by atoms with E-state index in [2.05, 4.69) is 29.8 Å². The van der Waals surface area contributed by atoms with Gasteiger partial charge in [-0.05, 0) is 74.5 Å². The van der Waals surface area contributed by atoms with Gasteiger partial charge in [-0.25, -0.2) is 37.1 Å².